The fourth-order valence-corrected chi connectivity index (χ4v) is 2.78. The summed E-state index contributed by atoms with van der Waals surface area (Å²) in [5.41, 5.74) is 2.60. The van der Waals surface area contributed by atoms with E-state index < -0.39 is 0 Å². The van der Waals surface area contributed by atoms with E-state index in [1.54, 1.807) is 6.21 Å². The molecule has 16 heavy (non-hydrogen) atoms. The maximum Gasteiger partial charge on any atom is 0.0696 e. The maximum absolute atomic E-state index is 8.57. The molecule has 0 spiro atoms. The Bertz CT molecular complexity index is 309. The van der Waals surface area contributed by atoms with Gasteiger partial charge in [0.2, 0.25) is 0 Å². The standard InChI is InChI=1S/C14H21NO/c16-15-11-14-8-4-7-13(14)10-9-12-5-2-1-3-6-12/h9-12,16H,1-8H2/b10-9+,15-11+. The number of rotatable bonds is 3. The van der Waals surface area contributed by atoms with E-state index in [9.17, 15) is 0 Å². The Morgan fingerprint density at radius 2 is 1.75 bits per heavy atom. The molecule has 2 nitrogen and oxygen atoms in total. The van der Waals surface area contributed by atoms with Crippen LogP contribution in [-0.2, 0) is 0 Å². The lowest BCUT2D eigenvalue weighted by Gasteiger charge is -2.17. The summed E-state index contributed by atoms with van der Waals surface area (Å²) < 4.78 is 0. The van der Waals surface area contributed by atoms with E-state index in [4.69, 9.17) is 5.21 Å². The van der Waals surface area contributed by atoms with Crippen molar-refractivity contribution in [1.82, 2.24) is 0 Å². The van der Waals surface area contributed by atoms with Crippen molar-refractivity contribution in [1.29, 1.82) is 0 Å². The SMILES string of the molecule is O/N=C/C1=C(/C=C/C2CCCCC2)CCC1. The second kappa shape index (κ2) is 5.88. The van der Waals surface area contributed by atoms with Gasteiger partial charge in [-0.15, -0.1) is 0 Å². The summed E-state index contributed by atoms with van der Waals surface area (Å²) in [6.07, 6.45) is 16.6. The number of hydrogen-bond acceptors (Lipinski definition) is 2. The number of allylic oxidation sites excluding steroid dienone is 4. The van der Waals surface area contributed by atoms with Gasteiger partial charge in [0.25, 0.3) is 0 Å². The van der Waals surface area contributed by atoms with Crippen molar-refractivity contribution in [3.05, 3.63) is 23.3 Å². The summed E-state index contributed by atoms with van der Waals surface area (Å²) in [6, 6.07) is 0. The average molecular weight is 219 g/mol. The van der Waals surface area contributed by atoms with Gasteiger partial charge in [-0.05, 0) is 49.2 Å². The molecule has 2 rings (SSSR count). The van der Waals surface area contributed by atoms with Gasteiger partial charge in [-0.2, -0.15) is 0 Å². The summed E-state index contributed by atoms with van der Waals surface area (Å²) in [5, 5.41) is 11.7. The van der Waals surface area contributed by atoms with Crippen molar-refractivity contribution in [3.63, 3.8) is 0 Å². The third-order valence-electron chi connectivity index (χ3n) is 3.74. The van der Waals surface area contributed by atoms with E-state index in [-0.39, 0.29) is 0 Å². The fraction of sp³-hybridized carbons (Fsp3) is 0.643. The smallest absolute Gasteiger partial charge is 0.0696 e. The van der Waals surface area contributed by atoms with E-state index in [0.29, 0.717) is 0 Å². The predicted octanol–water partition coefficient (Wildman–Crippen LogP) is 4.06. The van der Waals surface area contributed by atoms with Crippen LogP contribution in [0.5, 0.6) is 0 Å². The molecular weight excluding hydrogens is 198 g/mol. The Labute approximate surface area is 97.7 Å². The summed E-state index contributed by atoms with van der Waals surface area (Å²) >= 11 is 0. The third-order valence-corrected chi connectivity index (χ3v) is 3.74. The van der Waals surface area contributed by atoms with Gasteiger partial charge in [0.1, 0.15) is 0 Å². The van der Waals surface area contributed by atoms with E-state index in [0.717, 1.165) is 18.8 Å². The van der Waals surface area contributed by atoms with Gasteiger partial charge in [-0.25, -0.2) is 0 Å². The minimum atomic E-state index is 0.786. The highest BCUT2D eigenvalue weighted by atomic mass is 16.4. The lowest BCUT2D eigenvalue weighted by Crippen LogP contribution is -2.02. The number of oxime groups is 1. The van der Waals surface area contributed by atoms with Crippen LogP contribution in [0.25, 0.3) is 0 Å². The third kappa shape index (κ3) is 2.97. The topological polar surface area (TPSA) is 32.6 Å². The largest absolute Gasteiger partial charge is 0.411 e. The Balaban J connectivity index is 1.96. The van der Waals surface area contributed by atoms with Crippen LogP contribution < -0.4 is 0 Å². The predicted molar refractivity (Wildman–Crippen MR) is 66.9 cm³/mol. The lowest BCUT2D eigenvalue weighted by molar-refractivity contribution is 0.321. The molecule has 0 aromatic rings. The molecular formula is C14H21NO. The van der Waals surface area contributed by atoms with Crippen LogP contribution in [0.15, 0.2) is 28.5 Å². The molecule has 0 aromatic carbocycles. The Morgan fingerprint density at radius 3 is 2.50 bits per heavy atom. The molecule has 2 aliphatic rings. The maximum atomic E-state index is 8.57. The number of hydrogen-bond donors (Lipinski definition) is 1. The molecule has 2 aliphatic carbocycles. The second-order valence-corrected chi connectivity index (χ2v) is 4.91. The van der Waals surface area contributed by atoms with Crippen LogP contribution in [-0.4, -0.2) is 11.4 Å². The van der Waals surface area contributed by atoms with Crippen molar-refractivity contribution in [2.24, 2.45) is 11.1 Å². The van der Waals surface area contributed by atoms with E-state index in [1.807, 2.05) is 0 Å². The zero-order valence-electron chi connectivity index (χ0n) is 9.86. The van der Waals surface area contributed by atoms with Crippen molar-refractivity contribution in [2.45, 2.75) is 51.4 Å². The molecule has 0 heterocycles. The van der Waals surface area contributed by atoms with Gasteiger partial charge < -0.3 is 5.21 Å². The average Bonchev–Trinajstić information content (AvgIpc) is 2.76. The van der Waals surface area contributed by atoms with E-state index >= 15 is 0 Å². The van der Waals surface area contributed by atoms with Gasteiger partial charge in [-0.3, -0.25) is 0 Å². The van der Waals surface area contributed by atoms with Crippen LogP contribution in [0.2, 0.25) is 0 Å². The molecule has 1 N–H and O–H groups in total. The molecule has 0 saturated heterocycles. The highest BCUT2D eigenvalue weighted by Gasteiger charge is 2.13. The van der Waals surface area contributed by atoms with Crippen LogP contribution in [0.4, 0.5) is 0 Å². The van der Waals surface area contributed by atoms with Crippen molar-refractivity contribution < 1.29 is 5.21 Å². The van der Waals surface area contributed by atoms with E-state index in [2.05, 4.69) is 17.3 Å². The highest BCUT2D eigenvalue weighted by Crippen LogP contribution is 2.29. The van der Waals surface area contributed by atoms with Crippen molar-refractivity contribution in [2.75, 3.05) is 0 Å². The summed E-state index contributed by atoms with van der Waals surface area (Å²) in [4.78, 5) is 0. The van der Waals surface area contributed by atoms with E-state index in [1.165, 1.54) is 49.7 Å². The normalized spacial score (nSPS) is 24.0. The Morgan fingerprint density at radius 1 is 1.00 bits per heavy atom. The van der Waals surface area contributed by atoms with Crippen molar-refractivity contribution in [3.8, 4) is 0 Å². The summed E-state index contributed by atoms with van der Waals surface area (Å²) in [7, 11) is 0. The molecule has 1 saturated carbocycles. The van der Waals surface area contributed by atoms with Gasteiger partial charge in [0.05, 0.1) is 6.21 Å². The molecule has 0 aromatic heterocycles. The van der Waals surface area contributed by atoms with Crippen molar-refractivity contribution >= 4 is 6.21 Å². The monoisotopic (exact) mass is 219 g/mol. The quantitative estimate of drug-likeness (QED) is 0.433. The molecule has 0 radical (unpaired) electrons. The van der Waals surface area contributed by atoms with Gasteiger partial charge >= 0.3 is 0 Å². The first kappa shape index (κ1) is 11.4. The second-order valence-electron chi connectivity index (χ2n) is 4.91. The van der Waals surface area contributed by atoms with Crippen LogP contribution in [0, 0.1) is 5.92 Å². The molecule has 1 fully saturated rings. The molecule has 0 unspecified atom stereocenters. The van der Waals surface area contributed by atoms with Gasteiger partial charge in [0.15, 0.2) is 0 Å². The molecule has 88 valence electrons. The summed E-state index contributed by atoms with van der Waals surface area (Å²) in [6.45, 7) is 0. The first-order valence-corrected chi connectivity index (χ1v) is 6.48. The van der Waals surface area contributed by atoms with Gasteiger partial charge in [0, 0.05) is 0 Å². The van der Waals surface area contributed by atoms with Crippen LogP contribution in [0.1, 0.15) is 51.4 Å². The highest BCUT2D eigenvalue weighted by molar-refractivity contribution is 5.80. The minimum absolute atomic E-state index is 0.786. The molecule has 0 atom stereocenters. The van der Waals surface area contributed by atoms with Crippen LogP contribution >= 0.6 is 0 Å². The Hall–Kier alpha value is -1.05. The minimum Gasteiger partial charge on any atom is -0.411 e. The first-order chi connectivity index (χ1) is 7.90. The molecule has 2 heteroatoms. The van der Waals surface area contributed by atoms with Crippen LogP contribution in [0.3, 0.4) is 0 Å². The first-order valence-electron chi connectivity index (χ1n) is 6.48. The number of nitrogens with zero attached hydrogens (tertiary/aromatic N) is 1. The zero-order chi connectivity index (χ0) is 11.2. The summed E-state index contributed by atoms with van der Waals surface area (Å²) in [5.74, 6) is 0.786. The van der Waals surface area contributed by atoms with Gasteiger partial charge in [-0.1, -0.05) is 36.6 Å². The zero-order valence-corrected chi connectivity index (χ0v) is 9.86. The molecule has 0 bridgehead atoms. The molecule has 0 aliphatic heterocycles. The lowest BCUT2D eigenvalue weighted by atomic mass is 9.88. The molecule has 0 amide bonds. The fourth-order valence-electron chi connectivity index (χ4n) is 2.78. The Kier molecular flexibility index (Phi) is 4.20.